The number of hydrogen-bond acceptors (Lipinski definition) is 2. The molecular weight excluding hydrogens is 384 g/mol. The molecule has 2 aromatic carbocycles. The number of piperidine rings is 2. The van der Waals surface area contributed by atoms with Crippen LogP contribution in [0, 0.1) is 0 Å². The van der Waals surface area contributed by atoms with Crippen LogP contribution in [0.2, 0.25) is 0 Å². The van der Waals surface area contributed by atoms with Crippen molar-refractivity contribution in [2.24, 2.45) is 0 Å². The van der Waals surface area contributed by atoms with Crippen LogP contribution in [0.4, 0.5) is 5.69 Å². The van der Waals surface area contributed by atoms with Crippen molar-refractivity contribution in [3.05, 3.63) is 70.7 Å². The van der Waals surface area contributed by atoms with Crippen molar-refractivity contribution in [1.29, 1.82) is 0 Å². The van der Waals surface area contributed by atoms with Gasteiger partial charge in [-0.3, -0.25) is 4.90 Å². The molecule has 0 saturated carbocycles. The van der Waals surface area contributed by atoms with Gasteiger partial charge in [0.25, 0.3) is 0 Å². The third kappa shape index (κ3) is 4.21. The van der Waals surface area contributed by atoms with Gasteiger partial charge < -0.3 is 5.32 Å². The van der Waals surface area contributed by atoms with Crippen LogP contribution >= 0.6 is 15.9 Å². The van der Waals surface area contributed by atoms with Gasteiger partial charge in [0.15, 0.2) is 0 Å². The molecule has 0 amide bonds. The van der Waals surface area contributed by atoms with Gasteiger partial charge >= 0.3 is 0 Å². The van der Waals surface area contributed by atoms with Gasteiger partial charge in [-0.05, 0) is 59.3 Å². The van der Waals surface area contributed by atoms with Gasteiger partial charge in [-0.1, -0.05) is 61.0 Å². The van der Waals surface area contributed by atoms with Crippen LogP contribution in [0.5, 0.6) is 0 Å². The Kier molecular flexibility index (Phi) is 5.76. The molecule has 2 unspecified atom stereocenters. The van der Waals surface area contributed by atoms with Crippen molar-refractivity contribution >= 4 is 27.7 Å². The van der Waals surface area contributed by atoms with E-state index in [-0.39, 0.29) is 0 Å². The predicted molar refractivity (Wildman–Crippen MR) is 114 cm³/mol. The van der Waals surface area contributed by atoms with Gasteiger partial charge in [0.1, 0.15) is 0 Å². The Morgan fingerprint density at radius 2 is 1.65 bits per heavy atom. The van der Waals surface area contributed by atoms with Gasteiger partial charge in [0, 0.05) is 34.8 Å². The molecule has 136 valence electrons. The number of benzene rings is 2. The van der Waals surface area contributed by atoms with Crippen LogP contribution in [-0.2, 0) is 0 Å². The zero-order valence-electron chi connectivity index (χ0n) is 15.2. The summed E-state index contributed by atoms with van der Waals surface area (Å²) in [6.45, 7) is 1.08. The zero-order valence-corrected chi connectivity index (χ0v) is 16.7. The minimum Gasteiger partial charge on any atom is -0.381 e. The molecule has 26 heavy (non-hydrogen) atoms. The summed E-state index contributed by atoms with van der Waals surface area (Å²) in [6.07, 6.45) is 11.2. The number of anilines is 1. The highest BCUT2D eigenvalue weighted by Crippen LogP contribution is 2.36. The molecule has 0 aromatic heterocycles. The molecule has 2 heterocycles. The molecule has 2 aliphatic heterocycles. The third-order valence-corrected chi connectivity index (χ3v) is 6.48. The van der Waals surface area contributed by atoms with Crippen LogP contribution in [0.15, 0.2) is 65.1 Å². The fraction of sp³-hybridized carbons (Fsp3) is 0.391. The Morgan fingerprint density at radius 3 is 2.38 bits per heavy atom. The minimum atomic E-state index is 0.582. The first-order valence-electron chi connectivity index (χ1n) is 9.78. The second-order valence-electron chi connectivity index (χ2n) is 7.54. The Hall–Kier alpha value is -1.58. The maximum absolute atomic E-state index is 3.79. The van der Waals surface area contributed by atoms with Crippen molar-refractivity contribution < 1.29 is 0 Å². The average Bonchev–Trinajstić information content (AvgIpc) is 2.65. The van der Waals surface area contributed by atoms with Gasteiger partial charge in [0.05, 0.1) is 0 Å². The average molecular weight is 411 g/mol. The highest BCUT2D eigenvalue weighted by Gasteiger charge is 2.37. The Morgan fingerprint density at radius 1 is 0.962 bits per heavy atom. The fourth-order valence-electron chi connectivity index (χ4n) is 4.57. The molecule has 2 fully saturated rings. The molecule has 2 aliphatic rings. The standard InChI is InChI=1S/C23H27BrN2/c24-22-13-4-5-14-23(22)25-19-16-20-11-6-12-21(17-19)26(20)15-7-10-18-8-2-1-3-9-18/h1-5,7-10,13-14,19-21,25H,6,11-12,15-17H2. The van der Waals surface area contributed by atoms with Gasteiger partial charge in [-0.2, -0.15) is 0 Å². The van der Waals surface area contributed by atoms with Crippen molar-refractivity contribution in [2.75, 3.05) is 11.9 Å². The van der Waals surface area contributed by atoms with Crippen LogP contribution < -0.4 is 5.32 Å². The molecule has 2 aromatic rings. The van der Waals surface area contributed by atoms with E-state index in [1.165, 1.54) is 47.8 Å². The molecule has 0 spiro atoms. The van der Waals surface area contributed by atoms with E-state index in [0.29, 0.717) is 18.1 Å². The van der Waals surface area contributed by atoms with E-state index < -0.39 is 0 Å². The van der Waals surface area contributed by atoms with E-state index in [1.807, 2.05) is 0 Å². The maximum Gasteiger partial charge on any atom is 0.0486 e. The molecule has 2 atom stereocenters. The number of nitrogens with zero attached hydrogens (tertiary/aromatic N) is 1. The van der Waals surface area contributed by atoms with Crippen molar-refractivity contribution in [1.82, 2.24) is 4.90 Å². The Balaban J connectivity index is 1.39. The summed E-state index contributed by atoms with van der Waals surface area (Å²) in [6, 6.07) is 21.1. The quantitative estimate of drug-likeness (QED) is 0.653. The summed E-state index contributed by atoms with van der Waals surface area (Å²) in [7, 11) is 0. The van der Waals surface area contributed by atoms with E-state index in [2.05, 4.69) is 92.9 Å². The van der Waals surface area contributed by atoms with Crippen LogP contribution in [0.25, 0.3) is 6.08 Å². The molecule has 3 heteroatoms. The lowest BCUT2D eigenvalue weighted by molar-refractivity contribution is 0.0463. The predicted octanol–water partition coefficient (Wildman–Crippen LogP) is 5.96. The summed E-state index contributed by atoms with van der Waals surface area (Å²) in [4.78, 5) is 2.75. The van der Waals surface area contributed by atoms with E-state index in [0.717, 1.165) is 6.54 Å². The topological polar surface area (TPSA) is 15.3 Å². The molecular formula is C23H27BrN2. The number of nitrogens with one attached hydrogen (secondary N) is 1. The summed E-state index contributed by atoms with van der Waals surface area (Å²) in [5, 5.41) is 3.79. The second-order valence-corrected chi connectivity index (χ2v) is 8.40. The number of halogens is 1. The third-order valence-electron chi connectivity index (χ3n) is 5.79. The van der Waals surface area contributed by atoms with Crippen molar-refractivity contribution in [3.63, 3.8) is 0 Å². The summed E-state index contributed by atoms with van der Waals surface area (Å²) in [5.74, 6) is 0. The number of fused-ring (bicyclic) bond motifs is 2. The van der Waals surface area contributed by atoms with E-state index in [1.54, 1.807) is 0 Å². The van der Waals surface area contributed by atoms with Gasteiger partial charge in [-0.25, -0.2) is 0 Å². The Bertz CT molecular complexity index is 729. The number of hydrogen-bond donors (Lipinski definition) is 1. The van der Waals surface area contributed by atoms with E-state index in [4.69, 9.17) is 0 Å². The first-order valence-corrected chi connectivity index (χ1v) is 10.6. The molecule has 4 rings (SSSR count). The summed E-state index contributed by atoms with van der Waals surface area (Å²) in [5.41, 5.74) is 2.52. The monoisotopic (exact) mass is 410 g/mol. The van der Waals surface area contributed by atoms with E-state index in [9.17, 15) is 0 Å². The van der Waals surface area contributed by atoms with Crippen LogP contribution in [0.3, 0.4) is 0 Å². The highest BCUT2D eigenvalue weighted by molar-refractivity contribution is 9.10. The molecule has 0 aliphatic carbocycles. The zero-order chi connectivity index (χ0) is 17.8. The van der Waals surface area contributed by atoms with Gasteiger partial charge in [0.2, 0.25) is 0 Å². The minimum absolute atomic E-state index is 0.582. The Labute approximate surface area is 165 Å². The fourth-order valence-corrected chi connectivity index (χ4v) is 4.97. The molecule has 2 bridgehead atoms. The normalized spacial score (nSPS) is 26.1. The number of para-hydroxylation sites is 1. The lowest BCUT2D eigenvalue weighted by Crippen LogP contribution is -2.54. The lowest BCUT2D eigenvalue weighted by Gasteiger charge is -2.49. The first kappa shape index (κ1) is 17.8. The molecule has 1 N–H and O–H groups in total. The molecule has 2 nitrogen and oxygen atoms in total. The smallest absolute Gasteiger partial charge is 0.0486 e. The van der Waals surface area contributed by atoms with Crippen LogP contribution in [-0.4, -0.2) is 29.6 Å². The highest BCUT2D eigenvalue weighted by atomic mass is 79.9. The molecule has 0 radical (unpaired) electrons. The molecule has 2 saturated heterocycles. The maximum atomic E-state index is 3.79. The SMILES string of the molecule is Brc1ccccc1NC1CC2CCCC(C1)N2CC=Cc1ccccc1. The van der Waals surface area contributed by atoms with E-state index >= 15 is 0 Å². The first-order chi connectivity index (χ1) is 12.8. The van der Waals surface area contributed by atoms with Crippen molar-refractivity contribution in [3.8, 4) is 0 Å². The lowest BCUT2D eigenvalue weighted by atomic mass is 9.81. The van der Waals surface area contributed by atoms with Crippen molar-refractivity contribution in [2.45, 2.75) is 50.2 Å². The van der Waals surface area contributed by atoms with Crippen LogP contribution in [0.1, 0.15) is 37.7 Å². The summed E-state index contributed by atoms with van der Waals surface area (Å²) < 4.78 is 1.17. The largest absolute Gasteiger partial charge is 0.381 e. The number of rotatable bonds is 5. The summed E-state index contributed by atoms with van der Waals surface area (Å²) >= 11 is 3.67. The van der Waals surface area contributed by atoms with Gasteiger partial charge in [-0.15, -0.1) is 0 Å². The second kappa shape index (κ2) is 8.41.